The smallest absolute Gasteiger partial charge is 0.353 e. The normalized spacial score (nSPS) is 20.2. The van der Waals surface area contributed by atoms with Crippen molar-refractivity contribution < 1.29 is 24.6 Å². The summed E-state index contributed by atoms with van der Waals surface area (Å²) in [6, 6.07) is 15.7. The van der Waals surface area contributed by atoms with E-state index in [4.69, 9.17) is 0 Å². The summed E-state index contributed by atoms with van der Waals surface area (Å²) in [7, 11) is 0. The quantitative estimate of drug-likeness (QED) is 0.549. The van der Waals surface area contributed by atoms with Gasteiger partial charge in [0, 0.05) is 15.6 Å². The number of aliphatic carboxylic acids is 1. The average molecular weight is 457 g/mol. The summed E-state index contributed by atoms with van der Waals surface area (Å²) in [4.78, 5) is 39.7. The van der Waals surface area contributed by atoms with E-state index < -0.39 is 23.3 Å². The fourth-order valence-electron chi connectivity index (χ4n) is 3.54. The van der Waals surface area contributed by atoms with Gasteiger partial charge in [0.25, 0.3) is 5.91 Å². The van der Waals surface area contributed by atoms with Gasteiger partial charge in [-0.15, -0.1) is 11.8 Å². The lowest BCUT2D eigenvalue weighted by Crippen LogP contribution is -2.70. The number of carbonyl (C=O) groups excluding carboxylic acids is 2. The number of fused-ring (bicyclic) bond motifs is 1. The van der Waals surface area contributed by atoms with E-state index in [2.05, 4.69) is 5.32 Å². The van der Waals surface area contributed by atoms with Crippen LogP contribution in [0.15, 0.2) is 70.1 Å². The predicted molar refractivity (Wildman–Crippen MR) is 118 cm³/mol. The Morgan fingerprint density at radius 3 is 2.55 bits per heavy atom. The minimum atomic E-state index is -1.18. The predicted octanol–water partition coefficient (Wildman–Crippen LogP) is 2.21. The van der Waals surface area contributed by atoms with Crippen molar-refractivity contribution in [2.75, 3.05) is 5.75 Å². The molecule has 2 aromatic rings. The molecule has 2 amide bonds. The van der Waals surface area contributed by atoms with Crippen molar-refractivity contribution in [3.63, 3.8) is 0 Å². The van der Waals surface area contributed by atoms with Gasteiger partial charge in [-0.2, -0.15) is 0 Å². The van der Waals surface area contributed by atoms with Gasteiger partial charge in [0.2, 0.25) is 5.91 Å². The van der Waals surface area contributed by atoms with Gasteiger partial charge in [0.1, 0.15) is 17.1 Å². The first-order chi connectivity index (χ1) is 15.0. The van der Waals surface area contributed by atoms with E-state index in [9.17, 15) is 24.6 Å². The van der Waals surface area contributed by atoms with E-state index in [0.717, 1.165) is 10.5 Å². The molecule has 1 fully saturated rings. The third-order valence-electron chi connectivity index (χ3n) is 5.04. The second-order valence-electron chi connectivity index (χ2n) is 7.06. The van der Waals surface area contributed by atoms with Gasteiger partial charge in [0.05, 0.1) is 13.0 Å². The highest BCUT2D eigenvalue weighted by Gasteiger charge is 2.54. The molecule has 0 unspecified atom stereocenters. The molecule has 2 atom stereocenters. The third-order valence-corrected chi connectivity index (χ3v) is 7.70. The number of benzene rings is 2. The molecule has 4 rings (SSSR count). The van der Waals surface area contributed by atoms with Crippen molar-refractivity contribution in [2.24, 2.45) is 0 Å². The molecule has 160 valence electrons. The Morgan fingerprint density at radius 2 is 1.84 bits per heavy atom. The van der Waals surface area contributed by atoms with Crippen LogP contribution in [0.5, 0.6) is 0 Å². The number of aliphatic hydroxyl groups is 1. The lowest BCUT2D eigenvalue weighted by molar-refractivity contribution is -0.150. The van der Waals surface area contributed by atoms with E-state index in [0.29, 0.717) is 16.2 Å². The lowest BCUT2D eigenvalue weighted by atomic mass is 10.0. The van der Waals surface area contributed by atoms with E-state index >= 15 is 0 Å². The van der Waals surface area contributed by atoms with Gasteiger partial charge in [0.15, 0.2) is 0 Å². The Hall–Kier alpha value is -2.75. The Balaban J connectivity index is 1.50. The number of rotatable bonds is 7. The Labute approximate surface area is 187 Å². The summed E-state index contributed by atoms with van der Waals surface area (Å²) in [6.07, 6.45) is 0.155. The fraction of sp³-hybridized carbons (Fsp3) is 0.227. The molecule has 1 saturated heterocycles. The number of hydrogen-bond donors (Lipinski definition) is 3. The standard InChI is InChI=1S/C22H20N2O5S2/c25-11-14-8-4-5-9-15(14)31-16-12-30-21-18(20(27)24(21)19(16)22(28)29)23-17(26)10-13-6-2-1-3-7-13/h1-9,18,21,25H,10-12H2,(H,23,26)(H,28,29)/t18-,21+/m1/s1. The van der Waals surface area contributed by atoms with E-state index in [1.54, 1.807) is 12.1 Å². The van der Waals surface area contributed by atoms with Crippen LogP contribution in [-0.2, 0) is 27.4 Å². The highest BCUT2D eigenvalue weighted by Crippen LogP contribution is 2.45. The molecule has 0 radical (unpaired) electrons. The molecule has 0 saturated carbocycles. The minimum absolute atomic E-state index is 0.0555. The maximum atomic E-state index is 12.8. The molecule has 0 aliphatic carbocycles. The van der Waals surface area contributed by atoms with Gasteiger partial charge in [-0.3, -0.25) is 14.5 Å². The van der Waals surface area contributed by atoms with Crippen LogP contribution >= 0.6 is 23.5 Å². The molecule has 3 N–H and O–H groups in total. The molecule has 2 aliphatic rings. The van der Waals surface area contributed by atoms with Crippen molar-refractivity contribution in [1.29, 1.82) is 0 Å². The molecular weight excluding hydrogens is 436 g/mol. The van der Waals surface area contributed by atoms with Gasteiger partial charge in [-0.05, 0) is 17.2 Å². The van der Waals surface area contributed by atoms with E-state index in [-0.39, 0.29) is 24.6 Å². The topological polar surface area (TPSA) is 107 Å². The summed E-state index contributed by atoms with van der Waals surface area (Å²) >= 11 is 2.67. The molecule has 0 bridgehead atoms. The zero-order valence-electron chi connectivity index (χ0n) is 16.4. The van der Waals surface area contributed by atoms with Gasteiger partial charge in [-0.25, -0.2) is 4.79 Å². The van der Waals surface area contributed by atoms with E-state index in [1.165, 1.54) is 28.4 Å². The number of hydrogen-bond acceptors (Lipinski definition) is 6. The van der Waals surface area contributed by atoms with Crippen molar-refractivity contribution in [1.82, 2.24) is 10.2 Å². The maximum absolute atomic E-state index is 12.8. The molecule has 9 heteroatoms. The molecule has 0 spiro atoms. The van der Waals surface area contributed by atoms with E-state index in [1.807, 2.05) is 42.5 Å². The Kier molecular flexibility index (Phi) is 6.35. The number of carbonyl (C=O) groups is 3. The van der Waals surface area contributed by atoms with Crippen LogP contribution < -0.4 is 5.32 Å². The van der Waals surface area contributed by atoms with Gasteiger partial charge < -0.3 is 15.5 Å². The summed E-state index contributed by atoms with van der Waals surface area (Å²) < 4.78 is 0. The van der Waals surface area contributed by atoms with Crippen LogP contribution in [-0.4, -0.2) is 50.1 Å². The summed E-state index contributed by atoms with van der Waals surface area (Å²) in [5.41, 5.74) is 1.48. The number of nitrogens with one attached hydrogen (secondary N) is 1. The lowest BCUT2D eigenvalue weighted by Gasteiger charge is -2.49. The summed E-state index contributed by atoms with van der Waals surface area (Å²) in [5, 5.41) is 21.6. The molecule has 7 nitrogen and oxygen atoms in total. The number of β-lactam (4-membered cyclic amide) rings is 1. The van der Waals surface area contributed by atoms with Crippen LogP contribution in [0.4, 0.5) is 0 Å². The summed E-state index contributed by atoms with van der Waals surface area (Å²) in [6.45, 7) is -0.160. The van der Waals surface area contributed by atoms with Crippen molar-refractivity contribution in [3.05, 3.63) is 76.3 Å². The molecule has 31 heavy (non-hydrogen) atoms. The minimum Gasteiger partial charge on any atom is -0.477 e. The summed E-state index contributed by atoms with van der Waals surface area (Å²) in [5.74, 6) is -1.49. The van der Waals surface area contributed by atoms with Crippen molar-refractivity contribution in [3.8, 4) is 0 Å². The third kappa shape index (κ3) is 4.34. The number of nitrogens with zero attached hydrogens (tertiary/aromatic N) is 1. The van der Waals surface area contributed by atoms with Crippen LogP contribution in [0, 0.1) is 0 Å². The molecule has 2 heterocycles. The largest absolute Gasteiger partial charge is 0.477 e. The second-order valence-corrected chi connectivity index (χ2v) is 9.30. The Morgan fingerprint density at radius 1 is 1.13 bits per heavy atom. The van der Waals surface area contributed by atoms with Crippen molar-refractivity contribution >= 4 is 41.3 Å². The average Bonchev–Trinajstić information content (AvgIpc) is 2.78. The monoisotopic (exact) mass is 456 g/mol. The fourth-order valence-corrected chi connectivity index (χ4v) is 6.13. The molecular formula is C22H20N2O5S2. The van der Waals surface area contributed by atoms with Crippen LogP contribution in [0.3, 0.4) is 0 Å². The van der Waals surface area contributed by atoms with Crippen LogP contribution in [0.25, 0.3) is 0 Å². The number of amides is 2. The molecule has 2 aliphatic heterocycles. The number of thioether (sulfide) groups is 2. The maximum Gasteiger partial charge on any atom is 0.353 e. The second kappa shape index (κ2) is 9.17. The highest BCUT2D eigenvalue weighted by atomic mass is 32.2. The SMILES string of the molecule is O=C(Cc1ccccc1)N[C@@H]1C(=O)N2C(C(=O)O)=C(Sc3ccccc3CO)CS[C@@H]12. The number of carboxylic acids is 1. The van der Waals surface area contributed by atoms with Crippen LogP contribution in [0.1, 0.15) is 11.1 Å². The first kappa shape index (κ1) is 21.5. The highest BCUT2D eigenvalue weighted by molar-refractivity contribution is 8.06. The first-order valence-corrected chi connectivity index (χ1v) is 11.5. The van der Waals surface area contributed by atoms with Gasteiger partial charge in [-0.1, -0.05) is 60.3 Å². The van der Waals surface area contributed by atoms with Gasteiger partial charge >= 0.3 is 5.97 Å². The zero-order valence-corrected chi connectivity index (χ0v) is 18.0. The molecule has 0 aromatic heterocycles. The first-order valence-electron chi connectivity index (χ1n) is 9.60. The zero-order chi connectivity index (χ0) is 22.0. The number of aliphatic hydroxyl groups excluding tert-OH is 1. The van der Waals surface area contributed by atoms with Crippen molar-refractivity contribution in [2.45, 2.75) is 29.3 Å². The van der Waals surface area contributed by atoms with Crippen LogP contribution in [0.2, 0.25) is 0 Å². The number of carboxylic acid groups (broad SMARTS) is 1. The Bertz CT molecular complexity index is 1060. The molecule has 2 aromatic carbocycles.